The number of hydrogen-bond donors (Lipinski definition) is 0. The first-order valence-electron chi connectivity index (χ1n) is 10.6. The smallest absolute Gasteiger partial charge is 0.211 e. The number of allylic oxidation sites excluding steroid dienone is 9. The molecule has 0 amide bonds. The number of benzene rings is 2. The van der Waals surface area contributed by atoms with Gasteiger partial charge in [-0.3, -0.25) is 4.79 Å². The lowest BCUT2D eigenvalue weighted by Crippen LogP contribution is -2.24. The molecule has 0 unspecified atom stereocenters. The number of nitrogens with zero attached hydrogens (tertiary/aromatic N) is 2. The molecular formula is C27H19FN2O3S. The summed E-state index contributed by atoms with van der Waals surface area (Å²) < 4.78 is 40.4. The van der Waals surface area contributed by atoms with Crippen molar-refractivity contribution in [2.45, 2.75) is 24.2 Å². The van der Waals surface area contributed by atoms with Crippen molar-refractivity contribution in [2.75, 3.05) is 4.90 Å². The predicted molar refractivity (Wildman–Crippen MR) is 127 cm³/mol. The van der Waals surface area contributed by atoms with Gasteiger partial charge in [0.15, 0.2) is 0 Å². The summed E-state index contributed by atoms with van der Waals surface area (Å²) in [6.45, 7) is 4.16. The molecule has 0 bridgehead atoms. The van der Waals surface area contributed by atoms with Crippen LogP contribution in [0.4, 0.5) is 10.1 Å². The number of nitriles is 1. The lowest BCUT2D eigenvalue weighted by Gasteiger charge is -2.27. The van der Waals surface area contributed by atoms with E-state index in [0.717, 1.165) is 23.0 Å². The topological polar surface area (TPSA) is 78.2 Å². The van der Waals surface area contributed by atoms with E-state index >= 15 is 0 Å². The van der Waals surface area contributed by atoms with E-state index in [1.54, 1.807) is 12.1 Å². The number of fused-ring (bicyclic) bond motifs is 4. The Labute approximate surface area is 197 Å². The second-order valence-corrected chi connectivity index (χ2v) is 10.6. The molecule has 3 aliphatic heterocycles. The lowest BCUT2D eigenvalue weighted by molar-refractivity contribution is 0.104. The van der Waals surface area contributed by atoms with E-state index in [4.69, 9.17) is 0 Å². The normalized spacial score (nSPS) is 22.1. The molecule has 3 aliphatic rings. The maximum absolute atomic E-state index is 14.9. The van der Waals surface area contributed by atoms with Crippen LogP contribution in [0.2, 0.25) is 0 Å². The minimum Gasteiger partial charge on any atom is -0.320 e. The van der Waals surface area contributed by atoms with Gasteiger partial charge in [-0.05, 0) is 53.6 Å². The van der Waals surface area contributed by atoms with Crippen molar-refractivity contribution in [1.82, 2.24) is 0 Å². The summed E-state index contributed by atoms with van der Waals surface area (Å²) in [4.78, 5) is 13.8. The second kappa shape index (κ2) is 7.51. The van der Waals surface area contributed by atoms with Gasteiger partial charge >= 0.3 is 0 Å². The van der Waals surface area contributed by atoms with Crippen molar-refractivity contribution in [3.8, 4) is 6.07 Å². The van der Waals surface area contributed by atoms with Gasteiger partial charge in [0.25, 0.3) is 0 Å². The minimum atomic E-state index is -4.12. The molecule has 0 aromatic heterocycles. The van der Waals surface area contributed by atoms with Crippen molar-refractivity contribution < 1.29 is 17.6 Å². The molecular weight excluding hydrogens is 451 g/mol. The molecule has 0 aliphatic carbocycles. The van der Waals surface area contributed by atoms with E-state index in [1.807, 2.05) is 41.4 Å². The molecule has 168 valence electrons. The van der Waals surface area contributed by atoms with Crippen molar-refractivity contribution in [3.05, 3.63) is 118 Å². The molecule has 0 saturated carbocycles. The van der Waals surface area contributed by atoms with Crippen molar-refractivity contribution >= 4 is 21.3 Å². The van der Waals surface area contributed by atoms with Crippen LogP contribution in [0, 0.1) is 11.3 Å². The third-order valence-electron chi connectivity index (χ3n) is 6.35. The summed E-state index contributed by atoms with van der Waals surface area (Å²) in [7, 11) is -4.12. The number of rotatable bonds is 2. The Morgan fingerprint density at radius 3 is 2.56 bits per heavy atom. The standard InChI is InChI=1S/C27H19FN2O3S/c1-27(2)21-8-4-5-9-22(21)30-12-11-17(14-25(27)30)18(16-29)13-19(28)15-24-26(31)20-7-3-6-10-23(20)34(24,32)33/h3-15H,1-2H3/b18-17+,19-13-,24-15-. The average molecular weight is 471 g/mol. The highest BCUT2D eigenvalue weighted by atomic mass is 32.2. The summed E-state index contributed by atoms with van der Waals surface area (Å²) in [5.41, 5.74) is 3.33. The summed E-state index contributed by atoms with van der Waals surface area (Å²) in [6, 6.07) is 15.8. The number of ketones is 1. The predicted octanol–water partition coefficient (Wildman–Crippen LogP) is 5.42. The molecule has 34 heavy (non-hydrogen) atoms. The van der Waals surface area contributed by atoms with Gasteiger partial charge in [0.1, 0.15) is 10.7 Å². The fourth-order valence-electron chi connectivity index (χ4n) is 4.60. The zero-order valence-corrected chi connectivity index (χ0v) is 19.2. The molecule has 0 spiro atoms. The average Bonchev–Trinajstić information content (AvgIpc) is 3.17. The van der Waals surface area contributed by atoms with Crippen LogP contribution in [0.25, 0.3) is 0 Å². The first-order valence-corrected chi connectivity index (χ1v) is 12.1. The molecule has 0 radical (unpaired) electrons. The molecule has 0 fully saturated rings. The largest absolute Gasteiger partial charge is 0.320 e. The van der Waals surface area contributed by atoms with Gasteiger partial charge < -0.3 is 4.90 Å². The van der Waals surface area contributed by atoms with Gasteiger partial charge in [-0.1, -0.05) is 44.2 Å². The van der Waals surface area contributed by atoms with Gasteiger partial charge in [0.05, 0.1) is 16.5 Å². The Morgan fingerprint density at radius 1 is 1.12 bits per heavy atom. The van der Waals surface area contributed by atoms with Crippen molar-refractivity contribution in [3.63, 3.8) is 0 Å². The van der Waals surface area contributed by atoms with Gasteiger partial charge in [0, 0.05) is 28.6 Å². The Kier molecular flexibility index (Phi) is 4.81. The Balaban J connectivity index is 1.56. The Morgan fingerprint density at radius 2 is 1.82 bits per heavy atom. The number of para-hydroxylation sites is 1. The van der Waals surface area contributed by atoms with Crippen LogP contribution in [0.3, 0.4) is 0 Å². The maximum atomic E-state index is 14.9. The SMILES string of the molecule is CC1(C)C2=C\C(=C(C#N)/C=C(F)/C=C3/C(=O)c4ccccc4S3(=O)=O)C=CN2c2ccccc21. The van der Waals surface area contributed by atoms with E-state index < -0.39 is 26.4 Å². The Bertz CT molecular complexity index is 1580. The molecule has 2 aromatic rings. The first kappa shape index (κ1) is 21.8. The van der Waals surface area contributed by atoms with Gasteiger partial charge in [-0.25, -0.2) is 12.8 Å². The van der Waals surface area contributed by atoms with E-state index in [0.29, 0.717) is 11.6 Å². The van der Waals surface area contributed by atoms with Crippen LogP contribution < -0.4 is 4.90 Å². The molecule has 0 N–H and O–H groups in total. The highest BCUT2D eigenvalue weighted by Gasteiger charge is 2.41. The number of carbonyl (C=O) groups is 1. The van der Waals surface area contributed by atoms with Gasteiger partial charge in [-0.2, -0.15) is 5.26 Å². The number of anilines is 1. The summed E-state index contributed by atoms with van der Waals surface area (Å²) in [6.07, 6.45) is 7.03. The minimum absolute atomic E-state index is 0.0171. The molecule has 5 rings (SSSR count). The third kappa shape index (κ3) is 3.11. The quantitative estimate of drug-likeness (QED) is 0.432. The number of sulfone groups is 1. The number of carbonyl (C=O) groups excluding carboxylic acids is 1. The van der Waals surface area contributed by atoms with E-state index in [-0.39, 0.29) is 21.4 Å². The second-order valence-electron chi connectivity index (χ2n) is 8.70. The van der Waals surface area contributed by atoms with E-state index in [9.17, 15) is 22.9 Å². The lowest BCUT2D eigenvalue weighted by atomic mass is 9.82. The summed E-state index contributed by atoms with van der Waals surface area (Å²) in [5, 5.41) is 9.73. The molecule has 7 heteroatoms. The maximum Gasteiger partial charge on any atom is 0.211 e. The molecule has 2 aromatic carbocycles. The fraction of sp³-hybridized carbons (Fsp3) is 0.111. The first-order chi connectivity index (χ1) is 16.2. The van der Waals surface area contributed by atoms with Gasteiger partial charge in [-0.15, -0.1) is 0 Å². The fourth-order valence-corrected chi connectivity index (χ4v) is 6.17. The zero-order chi connectivity index (χ0) is 24.3. The Hall–Kier alpha value is -4.02. The van der Waals surface area contributed by atoms with Crippen molar-refractivity contribution in [1.29, 1.82) is 5.26 Å². The van der Waals surface area contributed by atoms with Crippen LogP contribution in [0.5, 0.6) is 0 Å². The van der Waals surface area contributed by atoms with Crippen LogP contribution in [0.1, 0.15) is 29.8 Å². The molecule has 5 nitrogen and oxygen atoms in total. The number of Topliss-reactive ketones (excluding diaryl/α,β-unsaturated/α-hetero) is 1. The zero-order valence-electron chi connectivity index (χ0n) is 18.4. The van der Waals surface area contributed by atoms with Gasteiger partial charge in [0.2, 0.25) is 15.6 Å². The molecule has 0 saturated heterocycles. The molecule has 0 atom stereocenters. The highest BCUT2D eigenvalue weighted by Crippen LogP contribution is 2.49. The summed E-state index contributed by atoms with van der Waals surface area (Å²) in [5.74, 6) is -1.75. The third-order valence-corrected chi connectivity index (χ3v) is 8.17. The number of halogens is 1. The van der Waals surface area contributed by atoms with Crippen LogP contribution >= 0.6 is 0 Å². The highest BCUT2D eigenvalue weighted by molar-refractivity contribution is 7.97. The van der Waals surface area contributed by atoms with Crippen LogP contribution in [-0.2, 0) is 15.3 Å². The van der Waals surface area contributed by atoms with E-state index in [1.165, 1.54) is 18.2 Å². The number of hydrogen-bond acceptors (Lipinski definition) is 5. The van der Waals surface area contributed by atoms with E-state index in [2.05, 4.69) is 19.9 Å². The molecule has 3 heterocycles. The van der Waals surface area contributed by atoms with Crippen molar-refractivity contribution in [2.24, 2.45) is 0 Å². The van der Waals surface area contributed by atoms with Crippen LogP contribution in [-0.4, -0.2) is 14.2 Å². The van der Waals surface area contributed by atoms with Crippen LogP contribution in [0.15, 0.2) is 112 Å². The monoisotopic (exact) mass is 470 g/mol. The summed E-state index contributed by atoms with van der Waals surface area (Å²) >= 11 is 0.